The van der Waals surface area contributed by atoms with E-state index in [1.54, 1.807) is 6.33 Å². The second kappa shape index (κ2) is 3.78. The highest BCUT2D eigenvalue weighted by molar-refractivity contribution is 5.81. The van der Waals surface area contributed by atoms with Crippen molar-refractivity contribution in [2.75, 3.05) is 12.3 Å². The Kier molecular flexibility index (Phi) is 2.34. The highest BCUT2D eigenvalue weighted by atomic mass is 16.3. The van der Waals surface area contributed by atoms with E-state index in [0.29, 0.717) is 17.3 Å². The van der Waals surface area contributed by atoms with Crippen molar-refractivity contribution in [1.82, 2.24) is 19.5 Å². The molecule has 0 bridgehead atoms. The van der Waals surface area contributed by atoms with E-state index in [9.17, 15) is 5.11 Å². The average molecular weight is 245 g/mol. The Hall–Kier alpha value is -1.95. The maximum absolute atomic E-state index is 9.27. The van der Waals surface area contributed by atoms with Crippen LogP contribution in [0.3, 0.4) is 0 Å². The van der Waals surface area contributed by atoms with Crippen LogP contribution in [0.25, 0.3) is 11.2 Å². The first kappa shape index (κ1) is 11.2. The lowest BCUT2D eigenvalue weighted by Crippen LogP contribution is -2.40. The van der Waals surface area contributed by atoms with Gasteiger partial charge < -0.3 is 15.4 Å². The van der Waals surface area contributed by atoms with Gasteiger partial charge in [-0.1, -0.05) is 13.5 Å². The average Bonchev–Trinajstić information content (AvgIpc) is 2.76. The number of anilines is 1. The van der Waals surface area contributed by atoms with Gasteiger partial charge in [-0.15, -0.1) is 0 Å². The van der Waals surface area contributed by atoms with Gasteiger partial charge in [0.05, 0.1) is 19.0 Å². The zero-order valence-corrected chi connectivity index (χ0v) is 10.1. The molecule has 1 aliphatic rings. The lowest BCUT2D eigenvalue weighted by atomic mass is 9.67. The molecule has 3 atom stereocenters. The summed E-state index contributed by atoms with van der Waals surface area (Å²) in [5, 5.41) is 9.27. The highest BCUT2D eigenvalue weighted by Gasteiger charge is 2.42. The van der Waals surface area contributed by atoms with E-state index in [-0.39, 0.29) is 18.6 Å². The number of hydrogen-bond donors (Lipinski definition) is 2. The molecule has 1 fully saturated rings. The first-order valence-electron chi connectivity index (χ1n) is 5.87. The number of hydrogen-bond acceptors (Lipinski definition) is 5. The Bertz CT molecular complexity index is 620. The fourth-order valence-corrected chi connectivity index (χ4v) is 2.79. The van der Waals surface area contributed by atoms with E-state index in [4.69, 9.17) is 5.73 Å². The van der Waals surface area contributed by atoms with Crippen molar-refractivity contribution in [1.29, 1.82) is 0 Å². The molecular weight excluding hydrogens is 230 g/mol. The van der Waals surface area contributed by atoms with Crippen LogP contribution in [0.5, 0.6) is 0 Å². The number of rotatable bonds is 2. The first-order valence-corrected chi connectivity index (χ1v) is 5.87. The molecule has 2 heterocycles. The number of nitrogen functional groups attached to an aromatic ring is 1. The first-order chi connectivity index (χ1) is 8.65. The minimum absolute atomic E-state index is 0.126. The molecular formula is C12H15N5O. The molecule has 3 N–H and O–H groups in total. The number of aliphatic hydroxyl groups excluding tert-OH is 1. The minimum Gasteiger partial charge on any atom is -0.396 e. The molecule has 18 heavy (non-hydrogen) atoms. The van der Waals surface area contributed by atoms with Crippen LogP contribution < -0.4 is 5.73 Å². The Morgan fingerprint density at radius 3 is 2.89 bits per heavy atom. The Morgan fingerprint density at radius 1 is 1.44 bits per heavy atom. The third kappa shape index (κ3) is 1.29. The Morgan fingerprint density at radius 2 is 2.22 bits per heavy atom. The van der Waals surface area contributed by atoms with Crippen LogP contribution >= 0.6 is 0 Å². The van der Waals surface area contributed by atoms with Crippen molar-refractivity contribution < 1.29 is 5.11 Å². The summed E-state index contributed by atoms with van der Waals surface area (Å²) in [5.74, 6) is 0.859. The van der Waals surface area contributed by atoms with Crippen LogP contribution in [0.4, 0.5) is 5.82 Å². The van der Waals surface area contributed by atoms with Gasteiger partial charge in [-0.3, -0.25) is 0 Å². The van der Waals surface area contributed by atoms with Gasteiger partial charge in [0, 0.05) is 5.92 Å². The molecule has 0 spiro atoms. The zero-order chi connectivity index (χ0) is 12.9. The maximum Gasteiger partial charge on any atom is 0.165 e. The highest BCUT2D eigenvalue weighted by Crippen LogP contribution is 2.48. The normalized spacial score (nSPS) is 27.4. The minimum atomic E-state index is 0.126. The van der Waals surface area contributed by atoms with Crippen LogP contribution in [0.15, 0.2) is 24.8 Å². The molecule has 1 aliphatic carbocycles. The standard InChI is InChI=1S/C12H15N5O/c1-6-8(3-18)7(2)10(6)17-5-16-9-11(13)14-4-15-12(9)17/h4-5,7-8,10,18H,1,3H2,2H3,(H2,13,14,15)/t7-,8+,10-/m1/s1. The molecule has 0 unspecified atom stereocenters. The molecule has 2 aromatic heterocycles. The SMILES string of the molecule is C=C1[C@@H](n2cnc3c(N)ncnc32)[C@H](C)[C@H]1CO. The predicted molar refractivity (Wildman–Crippen MR) is 67.7 cm³/mol. The van der Waals surface area contributed by atoms with Gasteiger partial charge in [0.2, 0.25) is 0 Å². The van der Waals surface area contributed by atoms with Crippen LogP contribution in [0, 0.1) is 11.8 Å². The number of nitrogens with zero attached hydrogens (tertiary/aromatic N) is 4. The van der Waals surface area contributed by atoms with Crippen LogP contribution in [0.1, 0.15) is 13.0 Å². The molecule has 0 saturated heterocycles. The van der Waals surface area contributed by atoms with Gasteiger partial charge >= 0.3 is 0 Å². The van der Waals surface area contributed by atoms with Gasteiger partial charge in [0.1, 0.15) is 11.8 Å². The second-order valence-corrected chi connectivity index (χ2v) is 4.75. The van der Waals surface area contributed by atoms with Crippen molar-refractivity contribution in [3.8, 4) is 0 Å². The number of aliphatic hydroxyl groups is 1. The van der Waals surface area contributed by atoms with Gasteiger partial charge in [-0.2, -0.15) is 0 Å². The van der Waals surface area contributed by atoms with Crippen molar-refractivity contribution in [2.24, 2.45) is 11.8 Å². The smallest absolute Gasteiger partial charge is 0.165 e. The molecule has 1 saturated carbocycles. The van der Waals surface area contributed by atoms with Gasteiger partial charge in [-0.05, 0) is 11.5 Å². The lowest BCUT2D eigenvalue weighted by molar-refractivity contribution is 0.116. The van der Waals surface area contributed by atoms with Gasteiger partial charge in [0.25, 0.3) is 0 Å². The third-order valence-electron chi connectivity index (χ3n) is 3.87. The summed E-state index contributed by atoms with van der Waals surface area (Å²) < 4.78 is 1.96. The quantitative estimate of drug-likeness (QED) is 0.762. The molecule has 0 radical (unpaired) electrons. The number of imidazole rings is 1. The Balaban J connectivity index is 2.07. The summed E-state index contributed by atoms with van der Waals surface area (Å²) in [5.41, 5.74) is 8.11. The van der Waals surface area contributed by atoms with Crippen LogP contribution in [-0.4, -0.2) is 31.2 Å². The predicted octanol–water partition coefficient (Wildman–Crippen LogP) is 0.764. The number of fused-ring (bicyclic) bond motifs is 1. The topological polar surface area (TPSA) is 89.9 Å². The van der Waals surface area contributed by atoms with Crippen molar-refractivity contribution in [3.05, 3.63) is 24.8 Å². The van der Waals surface area contributed by atoms with E-state index in [0.717, 1.165) is 11.2 Å². The van der Waals surface area contributed by atoms with Crippen molar-refractivity contribution in [2.45, 2.75) is 13.0 Å². The monoisotopic (exact) mass is 245 g/mol. The van der Waals surface area contributed by atoms with E-state index in [1.165, 1.54) is 6.33 Å². The van der Waals surface area contributed by atoms with E-state index in [1.807, 2.05) is 4.57 Å². The molecule has 6 nitrogen and oxygen atoms in total. The summed E-state index contributed by atoms with van der Waals surface area (Å²) in [4.78, 5) is 12.4. The summed E-state index contributed by atoms with van der Waals surface area (Å²) in [6.07, 6.45) is 3.15. The van der Waals surface area contributed by atoms with Gasteiger partial charge in [0.15, 0.2) is 11.5 Å². The van der Waals surface area contributed by atoms with Crippen LogP contribution in [0.2, 0.25) is 0 Å². The second-order valence-electron chi connectivity index (χ2n) is 4.75. The molecule has 0 aliphatic heterocycles. The maximum atomic E-state index is 9.27. The van der Waals surface area contributed by atoms with Crippen molar-refractivity contribution in [3.63, 3.8) is 0 Å². The zero-order valence-electron chi connectivity index (χ0n) is 10.1. The number of aromatic nitrogens is 4. The fraction of sp³-hybridized carbons (Fsp3) is 0.417. The molecule has 0 amide bonds. The van der Waals surface area contributed by atoms with E-state index in [2.05, 4.69) is 28.5 Å². The summed E-state index contributed by atoms with van der Waals surface area (Å²) in [7, 11) is 0. The molecule has 3 rings (SSSR count). The van der Waals surface area contributed by atoms with E-state index < -0.39 is 0 Å². The van der Waals surface area contributed by atoms with Crippen LogP contribution in [-0.2, 0) is 0 Å². The summed E-state index contributed by atoms with van der Waals surface area (Å²) in [6.45, 7) is 6.28. The third-order valence-corrected chi connectivity index (χ3v) is 3.87. The van der Waals surface area contributed by atoms with Crippen molar-refractivity contribution >= 4 is 17.0 Å². The number of nitrogens with two attached hydrogens (primary N) is 1. The largest absolute Gasteiger partial charge is 0.396 e. The fourth-order valence-electron chi connectivity index (χ4n) is 2.79. The molecule has 0 aromatic carbocycles. The molecule has 94 valence electrons. The summed E-state index contributed by atoms with van der Waals surface area (Å²) in [6, 6.07) is 0.126. The lowest BCUT2D eigenvalue weighted by Gasteiger charge is -2.45. The van der Waals surface area contributed by atoms with E-state index >= 15 is 0 Å². The molecule has 6 heteroatoms. The Labute approximate surface area is 104 Å². The van der Waals surface area contributed by atoms with Gasteiger partial charge in [-0.25, -0.2) is 15.0 Å². The summed E-state index contributed by atoms with van der Waals surface area (Å²) >= 11 is 0. The molecule has 2 aromatic rings.